The summed E-state index contributed by atoms with van der Waals surface area (Å²) in [6.07, 6.45) is 0.184. The molecule has 1 aromatic rings. The summed E-state index contributed by atoms with van der Waals surface area (Å²) in [5, 5.41) is 0. The van der Waals surface area contributed by atoms with Gasteiger partial charge in [0.15, 0.2) is 0 Å². The van der Waals surface area contributed by atoms with Gasteiger partial charge in [-0.1, -0.05) is 17.7 Å². The maximum absolute atomic E-state index is 12.1. The lowest BCUT2D eigenvalue weighted by Crippen LogP contribution is -2.43. The number of carbonyl (C=O) groups is 1. The Bertz CT molecular complexity index is 685. The van der Waals surface area contributed by atoms with Crippen molar-refractivity contribution in [2.24, 2.45) is 0 Å². The molecule has 0 radical (unpaired) electrons. The Morgan fingerprint density at radius 1 is 1.12 bits per heavy atom. The molecule has 2 rings (SSSR count). The number of benzene rings is 1. The zero-order chi connectivity index (χ0) is 18.7. The Balaban J connectivity index is 1.82. The van der Waals surface area contributed by atoms with Crippen molar-refractivity contribution in [3.05, 3.63) is 29.8 Å². The minimum Gasteiger partial charge on any atom is -0.444 e. The molecule has 1 aliphatic heterocycles. The van der Waals surface area contributed by atoms with Gasteiger partial charge in [-0.2, -0.15) is 8.42 Å². The average molecular weight is 371 g/mol. The minimum absolute atomic E-state index is 0.0456. The number of ether oxygens (including phenoxy) is 1. The van der Waals surface area contributed by atoms with E-state index in [1.807, 2.05) is 27.7 Å². The van der Waals surface area contributed by atoms with E-state index in [0.717, 1.165) is 5.56 Å². The van der Waals surface area contributed by atoms with Crippen LogP contribution in [-0.4, -0.2) is 44.2 Å². The molecule has 0 atom stereocenters. The van der Waals surface area contributed by atoms with E-state index in [9.17, 15) is 13.2 Å². The molecule has 0 saturated carbocycles. The van der Waals surface area contributed by atoms with Crippen molar-refractivity contribution in [1.29, 1.82) is 0 Å². The van der Waals surface area contributed by atoms with E-state index in [1.54, 1.807) is 17.0 Å². The summed E-state index contributed by atoms with van der Waals surface area (Å²) >= 11 is 0. The number of hydrogen-bond donors (Lipinski definition) is 0. The minimum atomic E-state index is -3.96. The normalized spacial score (nSPS) is 16.7. The van der Waals surface area contributed by atoms with Crippen molar-refractivity contribution in [2.75, 3.05) is 13.1 Å². The highest BCUT2D eigenvalue weighted by Gasteiger charge is 2.29. The van der Waals surface area contributed by atoms with Crippen LogP contribution in [0.5, 0.6) is 0 Å². The number of nitrogens with zero attached hydrogens (tertiary/aromatic N) is 1. The van der Waals surface area contributed by atoms with Crippen LogP contribution in [0.15, 0.2) is 29.2 Å². The standard InChI is InChI=1S/C17H25NO6S/c1-13-5-7-15(8-6-13)25(20,21)24-23-14-9-11-18(12-10-14)16(19)22-17(2,3)4/h5-8,14H,9-12H2,1-4H3. The second kappa shape index (κ2) is 7.72. The van der Waals surface area contributed by atoms with Gasteiger partial charge in [-0.25, -0.2) is 9.68 Å². The largest absolute Gasteiger partial charge is 0.444 e. The molecule has 140 valence electrons. The maximum Gasteiger partial charge on any atom is 0.410 e. The number of piperidine rings is 1. The summed E-state index contributed by atoms with van der Waals surface area (Å²) in [5.41, 5.74) is 0.407. The molecule has 8 heteroatoms. The Labute approximate surface area is 148 Å². The zero-order valence-corrected chi connectivity index (χ0v) is 15.8. The van der Waals surface area contributed by atoms with E-state index in [0.29, 0.717) is 25.9 Å². The zero-order valence-electron chi connectivity index (χ0n) is 15.0. The molecular weight excluding hydrogens is 346 g/mol. The number of rotatable bonds is 4. The third-order valence-corrected chi connectivity index (χ3v) is 4.78. The molecule has 1 saturated heterocycles. The summed E-state index contributed by atoms with van der Waals surface area (Å²) in [6.45, 7) is 8.15. The van der Waals surface area contributed by atoms with E-state index in [-0.39, 0.29) is 17.1 Å². The second-order valence-electron chi connectivity index (χ2n) is 7.10. The van der Waals surface area contributed by atoms with Gasteiger partial charge >= 0.3 is 16.2 Å². The average Bonchev–Trinajstić information content (AvgIpc) is 2.52. The van der Waals surface area contributed by atoms with Gasteiger partial charge in [-0.3, -0.25) is 0 Å². The topological polar surface area (TPSA) is 82.1 Å². The molecule has 0 spiro atoms. The molecule has 0 bridgehead atoms. The van der Waals surface area contributed by atoms with Crippen LogP contribution in [0, 0.1) is 6.92 Å². The first-order chi connectivity index (χ1) is 11.6. The summed E-state index contributed by atoms with van der Waals surface area (Å²) < 4.78 is 34.2. The fraction of sp³-hybridized carbons (Fsp3) is 0.588. The van der Waals surface area contributed by atoms with Crippen LogP contribution in [0.4, 0.5) is 4.79 Å². The predicted octanol–water partition coefficient (Wildman–Crippen LogP) is 3.03. The monoisotopic (exact) mass is 371 g/mol. The number of amides is 1. The lowest BCUT2D eigenvalue weighted by Gasteiger charge is -2.32. The number of hydrogen-bond acceptors (Lipinski definition) is 6. The molecule has 0 N–H and O–H groups in total. The SMILES string of the molecule is Cc1ccc(S(=O)(=O)OOC2CCN(C(=O)OC(C)(C)C)CC2)cc1. The van der Waals surface area contributed by atoms with E-state index >= 15 is 0 Å². The van der Waals surface area contributed by atoms with Crippen molar-refractivity contribution in [2.45, 2.75) is 57.1 Å². The van der Waals surface area contributed by atoms with E-state index < -0.39 is 15.7 Å². The smallest absolute Gasteiger partial charge is 0.410 e. The van der Waals surface area contributed by atoms with Crippen LogP contribution >= 0.6 is 0 Å². The van der Waals surface area contributed by atoms with Crippen LogP contribution in [-0.2, 0) is 24.1 Å². The van der Waals surface area contributed by atoms with Crippen LogP contribution in [0.3, 0.4) is 0 Å². The van der Waals surface area contributed by atoms with E-state index in [1.165, 1.54) is 12.1 Å². The molecule has 0 aromatic heterocycles. The highest BCUT2D eigenvalue weighted by molar-refractivity contribution is 7.86. The van der Waals surface area contributed by atoms with Crippen LogP contribution < -0.4 is 0 Å². The van der Waals surface area contributed by atoms with Gasteiger partial charge in [0.05, 0.1) is 11.0 Å². The van der Waals surface area contributed by atoms with E-state index in [4.69, 9.17) is 14.0 Å². The first kappa shape index (κ1) is 19.7. The molecule has 25 heavy (non-hydrogen) atoms. The van der Waals surface area contributed by atoms with E-state index in [2.05, 4.69) is 0 Å². The Morgan fingerprint density at radius 2 is 1.68 bits per heavy atom. The fourth-order valence-corrected chi connectivity index (χ4v) is 3.08. The van der Waals surface area contributed by atoms with Crippen LogP contribution in [0.1, 0.15) is 39.2 Å². The summed E-state index contributed by atoms with van der Waals surface area (Å²) in [4.78, 5) is 18.7. The van der Waals surface area contributed by atoms with Crippen molar-refractivity contribution in [1.82, 2.24) is 4.90 Å². The summed E-state index contributed by atoms with van der Waals surface area (Å²) in [6, 6.07) is 6.32. The number of likely N-dealkylation sites (tertiary alicyclic amines) is 1. The van der Waals surface area contributed by atoms with Crippen molar-refractivity contribution in [3.63, 3.8) is 0 Å². The van der Waals surface area contributed by atoms with Crippen molar-refractivity contribution >= 4 is 16.2 Å². The Hall–Kier alpha value is -1.64. The summed E-state index contributed by atoms with van der Waals surface area (Å²) in [5.74, 6) is 0. The lowest BCUT2D eigenvalue weighted by molar-refractivity contribution is -0.248. The van der Waals surface area contributed by atoms with Gasteiger partial charge in [0.2, 0.25) is 0 Å². The number of aryl methyl sites for hydroxylation is 1. The Morgan fingerprint density at radius 3 is 2.20 bits per heavy atom. The highest BCUT2D eigenvalue weighted by Crippen LogP contribution is 2.20. The molecule has 1 fully saturated rings. The van der Waals surface area contributed by atoms with Crippen LogP contribution in [0.25, 0.3) is 0 Å². The molecular formula is C17H25NO6S. The third kappa shape index (κ3) is 5.98. The molecule has 0 unspecified atom stereocenters. The van der Waals surface area contributed by atoms with Gasteiger partial charge < -0.3 is 9.64 Å². The van der Waals surface area contributed by atoms with Gasteiger partial charge in [-0.05, 0) is 52.7 Å². The van der Waals surface area contributed by atoms with Gasteiger partial charge in [0, 0.05) is 13.1 Å². The van der Waals surface area contributed by atoms with Gasteiger partial charge in [0.1, 0.15) is 5.60 Å². The third-order valence-electron chi connectivity index (χ3n) is 3.67. The molecule has 1 heterocycles. The Kier molecular flexibility index (Phi) is 6.08. The van der Waals surface area contributed by atoms with Gasteiger partial charge in [-0.15, -0.1) is 4.33 Å². The molecule has 7 nitrogen and oxygen atoms in total. The maximum atomic E-state index is 12.1. The molecule has 1 aliphatic rings. The molecule has 0 aliphatic carbocycles. The number of carbonyl (C=O) groups excluding carboxylic acids is 1. The molecule has 1 amide bonds. The first-order valence-corrected chi connectivity index (χ1v) is 9.62. The van der Waals surface area contributed by atoms with Crippen molar-refractivity contribution in [3.8, 4) is 0 Å². The molecule has 1 aromatic carbocycles. The quantitative estimate of drug-likeness (QED) is 0.598. The second-order valence-corrected chi connectivity index (χ2v) is 8.61. The fourth-order valence-electron chi connectivity index (χ4n) is 2.31. The highest BCUT2D eigenvalue weighted by atomic mass is 32.2. The van der Waals surface area contributed by atoms with Crippen LogP contribution in [0.2, 0.25) is 0 Å². The summed E-state index contributed by atoms with van der Waals surface area (Å²) in [7, 11) is -3.96. The van der Waals surface area contributed by atoms with Crippen molar-refractivity contribution < 1.29 is 27.2 Å². The first-order valence-electron chi connectivity index (χ1n) is 8.21. The van der Waals surface area contributed by atoms with Gasteiger partial charge in [0.25, 0.3) is 0 Å². The predicted molar refractivity (Wildman–Crippen MR) is 91.4 cm³/mol. The lowest BCUT2D eigenvalue weighted by atomic mass is 10.1.